The van der Waals surface area contributed by atoms with Gasteiger partial charge in [0.2, 0.25) is 0 Å². The summed E-state index contributed by atoms with van der Waals surface area (Å²) in [5, 5.41) is 0. The second-order valence-corrected chi connectivity index (χ2v) is 4.28. The van der Waals surface area contributed by atoms with Crippen molar-refractivity contribution in [2.45, 2.75) is 32.6 Å². The maximum Gasteiger partial charge on any atom is 0.137 e. The molecule has 1 rings (SSSR count). The summed E-state index contributed by atoms with van der Waals surface area (Å²) in [7, 11) is 4.09. The SMILES string of the molecule is CC(=O)C1(CN(C)C)CCCC1. The molecule has 1 aliphatic carbocycles. The van der Waals surface area contributed by atoms with Gasteiger partial charge in [0.15, 0.2) is 0 Å². The molecule has 0 bridgehead atoms. The van der Waals surface area contributed by atoms with Crippen LogP contribution in [0.1, 0.15) is 32.6 Å². The van der Waals surface area contributed by atoms with Gasteiger partial charge in [0.05, 0.1) is 0 Å². The van der Waals surface area contributed by atoms with Crippen LogP contribution >= 0.6 is 0 Å². The van der Waals surface area contributed by atoms with E-state index in [1.165, 1.54) is 12.8 Å². The molecule has 0 aliphatic heterocycles. The number of carbonyl (C=O) groups excluding carboxylic acids is 1. The van der Waals surface area contributed by atoms with Gasteiger partial charge in [-0.1, -0.05) is 12.8 Å². The van der Waals surface area contributed by atoms with Gasteiger partial charge in [-0.2, -0.15) is 0 Å². The smallest absolute Gasteiger partial charge is 0.137 e. The van der Waals surface area contributed by atoms with Crippen molar-refractivity contribution in [3.05, 3.63) is 0 Å². The van der Waals surface area contributed by atoms with Gasteiger partial charge in [-0.15, -0.1) is 0 Å². The van der Waals surface area contributed by atoms with Crippen molar-refractivity contribution in [3.63, 3.8) is 0 Å². The third-order valence-corrected chi connectivity index (χ3v) is 2.93. The number of nitrogens with zero attached hydrogens (tertiary/aromatic N) is 1. The molecule has 1 fully saturated rings. The first-order valence-corrected chi connectivity index (χ1v) is 4.73. The Balaban J connectivity index is 2.65. The van der Waals surface area contributed by atoms with Gasteiger partial charge in [-0.25, -0.2) is 0 Å². The summed E-state index contributed by atoms with van der Waals surface area (Å²) in [6.45, 7) is 2.68. The van der Waals surface area contributed by atoms with E-state index in [1.807, 2.05) is 14.1 Å². The number of Topliss-reactive ketones (excluding diaryl/α,β-unsaturated/α-hetero) is 1. The van der Waals surface area contributed by atoms with E-state index >= 15 is 0 Å². The molecule has 0 radical (unpaired) electrons. The van der Waals surface area contributed by atoms with Crippen LogP contribution in [0.3, 0.4) is 0 Å². The topological polar surface area (TPSA) is 20.3 Å². The van der Waals surface area contributed by atoms with Gasteiger partial charge in [0.25, 0.3) is 0 Å². The highest BCUT2D eigenvalue weighted by atomic mass is 16.1. The van der Waals surface area contributed by atoms with Crippen molar-refractivity contribution in [3.8, 4) is 0 Å². The minimum Gasteiger partial charge on any atom is -0.308 e. The summed E-state index contributed by atoms with van der Waals surface area (Å²) in [4.78, 5) is 13.6. The molecule has 0 aromatic heterocycles. The lowest BCUT2D eigenvalue weighted by Crippen LogP contribution is -2.37. The summed E-state index contributed by atoms with van der Waals surface area (Å²) < 4.78 is 0. The van der Waals surface area contributed by atoms with E-state index in [-0.39, 0.29) is 5.41 Å². The van der Waals surface area contributed by atoms with Crippen LogP contribution in [0.25, 0.3) is 0 Å². The number of carbonyl (C=O) groups is 1. The molecule has 12 heavy (non-hydrogen) atoms. The lowest BCUT2D eigenvalue weighted by atomic mass is 9.82. The van der Waals surface area contributed by atoms with E-state index < -0.39 is 0 Å². The van der Waals surface area contributed by atoms with Crippen LogP contribution < -0.4 is 0 Å². The van der Waals surface area contributed by atoms with E-state index in [4.69, 9.17) is 0 Å². The predicted octanol–water partition coefficient (Wildman–Crippen LogP) is 1.70. The zero-order chi connectivity index (χ0) is 9.19. The Bertz CT molecular complexity index is 169. The highest BCUT2D eigenvalue weighted by Crippen LogP contribution is 2.39. The Labute approximate surface area is 74.9 Å². The van der Waals surface area contributed by atoms with Crippen molar-refractivity contribution in [2.75, 3.05) is 20.6 Å². The summed E-state index contributed by atoms with van der Waals surface area (Å²) in [5.41, 5.74) is 0.00347. The average Bonchev–Trinajstić information content (AvgIpc) is 2.35. The Kier molecular flexibility index (Phi) is 2.89. The lowest BCUT2D eigenvalue weighted by Gasteiger charge is -2.29. The van der Waals surface area contributed by atoms with E-state index in [2.05, 4.69) is 4.90 Å². The molecular formula is C10H19NO. The molecule has 0 atom stereocenters. The largest absolute Gasteiger partial charge is 0.308 e. The van der Waals surface area contributed by atoms with Crippen LogP contribution in [0.4, 0.5) is 0 Å². The zero-order valence-electron chi connectivity index (χ0n) is 8.39. The van der Waals surface area contributed by atoms with Crippen LogP contribution in [-0.4, -0.2) is 31.3 Å². The first-order chi connectivity index (χ1) is 5.57. The molecule has 0 unspecified atom stereocenters. The van der Waals surface area contributed by atoms with Crippen LogP contribution in [-0.2, 0) is 4.79 Å². The summed E-state index contributed by atoms with van der Waals surface area (Å²) in [6, 6.07) is 0. The molecule has 0 aromatic carbocycles. The maximum absolute atomic E-state index is 11.5. The standard InChI is InChI=1S/C10H19NO/c1-9(12)10(8-11(2)3)6-4-5-7-10/h4-8H2,1-3H3. The maximum atomic E-state index is 11.5. The number of hydrogen-bond donors (Lipinski definition) is 0. The minimum atomic E-state index is 0.00347. The van der Waals surface area contributed by atoms with Gasteiger partial charge in [-0.05, 0) is 33.9 Å². The minimum absolute atomic E-state index is 0.00347. The van der Waals surface area contributed by atoms with Crippen LogP contribution in [0.15, 0.2) is 0 Å². The third-order valence-electron chi connectivity index (χ3n) is 2.93. The Hall–Kier alpha value is -0.370. The third kappa shape index (κ3) is 1.86. The highest BCUT2D eigenvalue weighted by molar-refractivity contribution is 5.82. The molecule has 0 spiro atoms. The lowest BCUT2D eigenvalue weighted by molar-refractivity contribution is -0.127. The fraction of sp³-hybridized carbons (Fsp3) is 0.900. The molecular weight excluding hydrogens is 150 g/mol. The van der Waals surface area contributed by atoms with Crippen LogP contribution in [0.2, 0.25) is 0 Å². The number of ketones is 1. The van der Waals surface area contributed by atoms with E-state index in [1.54, 1.807) is 6.92 Å². The Morgan fingerprint density at radius 3 is 2.17 bits per heavy atom. The van der Waals surface area contributed by atoms with Gasteiger partial charge in [0.1, 0.15) is 5.78 Å². The van der Waals surface area contributed by atoms with E-state index in [9.17, 15) is 4.79 Å². The molecule has 0 aromatic rings. The van der Waals surface area contributed by atoms with Crippen LogP contribution in [0.5, 0.6) is 0 Å². The zero-order valence-corrected chi connectivity index (χ0v) is 8.39. The molecule has 1 aliphatic rings. The molecule has 0 N–H and O–H groups in total. The van der Waals surface area contributed by atoms with Gasteiger partial charge >= 0.3 is 0 Å². The van der Waals surface area contributed by atoms with E-state index in [0.29, 0.717) is 5.78 Å². The average molecular weight is 169 g/mol. The monoisotopic (exact) mass is 169 g/mol. The first kappa shape index (κ1) is 9.72. The van der Waals surface area contributed by atoms with Crippen molar-refractivity contribution in [2.24, 2.45) is 5.41 Å². The Morgan fingerprint density at radius 2 is 1.83 bits per heavy atom. The number of hydrogen-bond acceptors (Lipinski definition) is 2. The molecule has 0 heterocycles. The molecule has 2 heteroatoms. The molecule has 70 valence electrons. The second-order valence-electron chi connectivity index (χ2n) is 4.28. The highest BCUT2D eigenvalue weighted by Gasteiger charge is 2.38. The van der Waals surface area contributed by atoms with Crippen molar-refractivity contribution >= 4 is 5.78 Å². The van der Waals surface area contributed by atoms with Gasteiger partial charge in [0, 0.05) is 12.0 Å². The molecule has 0 saturated heterocycles. The summed E-state index contributed by atoms with van der Waals surface area (Å²) in [6.07, 6.45) is 4.65. The first-order valence-electron chi connectivity index (χ1n) is 4.73. The van der Waals surface area contributed by atoms with Crippen molar-refractivity contribution in [1.29, 1.82) is 0 Å². The molecule has 0 amide bonds. The summed E-state index contributed by atoms with van der Waals surface area (Å²) in [5.74, 6) is 0.383. The number of rotatable bonds is 3. The fourth-order valence-corrected chi connectivity index (χ4v) is 2.28. The molecule has 2 nitrogen and oxygen atoms in total. The van der Waals surface area contributed by atoms with E-state index in [0.717, 1.165) is 19.4 Å². The second kappa shape index (κ2) is 3.56. The molecule has 1 saturated carbocycles. The predicted molar refractivity (Wildman–Crippen MR) is 50.1 cm³/mol. The van der Waals surface area contributed by atoms with Gasteiger partial charge < -0.3 is 4.90 Å². The van der Waals surface area contributed by atoms with Gasteiger partial charge in [-0.3, -0.25) is 4.79 Å². The van der Waals surface area contributed by atoms with Crippen LogP contribution in [0, 0.1) is 5.41 Å². The quantitative estimate of drug-likeness (QED) is 0.641. The summed E-state index contributed by atoms with van der Waals surface area (Å²) >= 11 is 0. The fourth-order valence-electron chi connectivity index (χ4n) is 2.28. The normalized spacial score (nSPS) is 21.7. The van der Waals surface area contributed by atoms with Crippen molar-refractivity contribution < 1.29 is 4.79 Å². The van der Waals surface area contributed by atoms with Crippen molar-refractivity contribution in [1.82, 2.24) is 4.90 Å². The Morgan fingerprint density at radius 1 is 1.33 bits per heavy atom.